The van der Waals surface area contributed by atoms with Gasteiger partial charge >= 0.3 is 6.09 Å². The molecule has 1 rings (SSSR count). The van der Waals surface area contributed by atoms with Gasteiger partial charge in [-0.25, -0.2) is 4.79 Å². The molecule has 1 unspecified atom stereocenters. The van der Waals surface area contributed by atoms with Crippen LogP contribution in [0, 0.1) is 0 Å². The number of amides is 2. The monoisotopic (exact) mass is 492 g/mol. The van der Waals surface area contributed by atoms with Crippen molar-refractivity contribution in [2.75, 3.05) is 18.5 Å². The van der Waals surface area contributed by atoms with E-state index in [-0.39, 0.29) is 0 Å². The summed E-state index contributed by atoms with van der Waals surface area (Å²) in [5.41, 5.74) is -0.161. The minimum atomic E-state index is -1.12. The SMILES string of the molecule is CCCCCCCCCCCCCCOc1cccc(NC(=O)C(CO)NC(=O)OC(C)(C)C)c1. The van der Waals surface area contributed by atoms with Gasteiger partial charge < -0.3 is 25.2 Å². The van der Waals surface area contributed by atoms with E-state index in [9.17, 15) is 14.7 Å². The third-order valence-corrected chi connectivity index (χ3v) is 5.56. The van der Waals surface area contributed by atoms with Gasteiger partial charge in [-0.15, -0.1) is 0 Å². The summed E-state index contributed by atoms with van der Waals surface area (Å²) in [5.74, 6) is 0.142. The van der Waals surface area contributed by atoms with Crippen LogP contribution in [0.4, 0.5) is 10.5 Å². The first-order valence-corrected chi connectivity index (χ1v) is 13.4. The molecule has 7 nitrogen and oxygen atoms in total. The van der Waals surface area contributed by atoms with Gasteiger partial charge in [-0.3, -0.25) is 4.79 Å². The third-order valence-electron chi connectivity index (χ3n) is 5.56. The summed E-state index contributed by atoms with van der Waals surface area (Å²) in [4.78, 5) is 24.4. The number of nitrogens with one attached hydrogen (secondary N) is 2. The molecular formula is C28H48N2O5. The Morgan fingerprint density at radius 2 is 1.49 bits per heavy atom. The van der Waals surface area contributed by atoms with E-state index in [1.54, 1.807) is 39.0 Å². The number of anilines is 1. The van der Waals surface area contributed by atoms with Crippen LogP contribution in [-0.4, -0.2) is 42.0 Å². The summed E-state index contributed by atoms with van der Waals surface area (Å²) in [6.45, 7) is 7.52. The lowest BCUT2D eigenvalue weighted by atomic mass is 10.1. The Bertz CT molecular complexity index is 718. The molecule has 1 atom stereocenters. The van der Waals surface area contributed by atoms with E-state index in [0.717, 1.165) is 12.8 Å². The summed E-state index contributed by atoms with van der Waals surface area (Å²) in [6.07, 6.45) is 14.8. The number of alkyl carbamates (subject to hydrolysis) is 1. The number of carbonyl (C=O) groups is 2. The van der Waals surface area contributed by atoms with E-state index in [0.29, 0.717) is 18.0 Å². The third kappa shape index (κ3) is 16.1. The number of rotatable bonds is 18. The highest BCUT2D eigenvalue weighted by Gasteiger charge is 2.24. The summed E-state index contributed by atoms with van der Waals surface area (Å²) >= 11 is 0. The number of aliphatic hydroxyl groups excluding tert-OH is 1. The quantitative estimate of drug-likeness (QED) is 0.201. The first kappa shape index (κ1) is 30.8. The van der Waals surface area contributed by atoms with Crippen LogP contribution in [0.5, 0.6) is 5.75 Å². The molecule has 7 heteroatoms. The fourth-order valence-electron chi connectivity index (χ4n) is 3.67. The molecule has 0 heterocycles. The summed E-state index contributed by atoms with van der Waals surface area (Å²) in [7, 11) is 0. The van der Waals surface area contributed by atoms with Crippen molar-refractivity contribution in [2.45, 2.75) is 116 Å². The lowest BCUT2D eigenvalue weighted by Crippen LogP contribution is -2.47. The Hall–Kier alpha value is -2.28. The van der Waals surface area contributed by atoms with Gasteiger partial charge in [0, 0.05) is 11.8 Å². The summed E-state index contributed by atoms with van der Waals surface area (Å²) < 4.78 is 11.0. The maximum atomic E-state index is 12.5. The molecule has 1 aromatic carbocycles. The van der Waals surface area contributed by atoms with Gasteiger partial charge in [0.15, 0.2) is 0 Å². The standard InChI is InChI=1S/C28H48N2O5/c1-5-6-7-8-9-10-11-12-13-14-15-16-20-34-24-19-17-18-23(21-24)29-26(32)25(22-31)30-27(33)35-28(2,3)4/h17-19,21,25,31H,5-16,20,22H2,1-4H3,(H,29,32)(H,30,33). The molecule has 0 aliphatic heterocycles. The maximum Gasteiger partial charge on any atom is 0.408 e. The van der Waals surface area contributed by atoms with Crippen LogP contribution in [-0.2, 0) is 9.53 Å². The zero-order valence-corrected chi connectivity index (χ0v) is 22.4. The zero-order valence-electron chi connectivity index (χ0n) is 22.4. The van der Waals surface area contributed by atoms with Crippen LogP contribution in [0.3, 0.4) is 0 Å². The van der Waals surface area contributed by atoms with Crippen LogP contribution < -0.4 is 15.4 Å². The number of ether oxygens (including phenoxy) is 2. The summed E-state index contributed by atoms with van der Waals surface area (Å²) in [5, 5.41) is 14.6. The number of hydrogen-bond donors (Lipinski definition) is 3. The number of hydrogen-bond acceptors (Lipinski definition) is 5. The van der Waals surface area contributed by atoms with Crippen molar-refractivity contribution in [3.8, 4) is 5.75 Å². The predicted octanol–water partition coefficient (Wildman–Crippen LogP) is 6.59. The molecule has 0 aromatic heterocycles. The maximum absolute atomic E-state index is 12.5. The second-order valence-electron chi connectivity index (χ2n) is 10.1. The molecule has 1 aromatic rings. The van der Waals surface area contributed by atoms with Gasteiger partial charge in [-0.05, 0) is 39.3 Å². The first-order valence-electron chi connectivity index (χ1n) is 13.4. The summed E-state index contributed by atoms with van der Waals surface area (Å²) in [6, 6.07) is 5.99. The van der Waals surface area contributed by atoms with Gasteiger partial charge in [0.1, 0.15) is 17.4 Å². The second kappa shape index (κ2) is 18.1. The highest BCUT2D eigenvalue weighted by atomic mass is 16.6. The molecule has 3 N–H and O–H groups in total. The van der Waals surface area contributed by atoms with E-state index in [1.165, 1.54) is 64.2 Å². The molecule has 2 amide bonds. The normalized spacial score (nSPS) is 12.1. The molecule has 0 aliphatic carbocycles. The number of carbonyl (C=O) groups excluding carboxylic acids is 2. The van der Waals surface area contributed by atoms with Crippen molar-refractivity contribution in [3.05, 3.63) is 24.3 Å². The van der Waals surface area contributed by atoms with Crippen LogP contribution in [0.25, 0.3) is 0 Å². The fourth-order valence-corrected chi connectivity index (χ4v) is 3.67. The number of unbranched alkanes of at least 4 members (excludes halogenated alkanes) is 11. The molecule has 35 heavy (non-hydrogen) atoms. The van der Waals surface area contributed by atoms with E-state index < -0.39 is 30.3 Å². The van der Waals surface area contributed by atoms with E-state index in [4.69, 9.17) is 9.47 Å². The molecule has 0 fully saturated rings. The Labute approximate surface area is 212 Å². The molecule has 0 radical (unpaired) electrons. The highest BCUT2D eigenvalue weighted by Crippen LogP contribution is 2.18. The minimum absolute atomic E-state index is 0.531. The van der Waals surface area contributed by atoms with E-state index in [2.05, 4.69) is 17.6 Å². The molecule has 200 valence electrons. The molecule has 0 saturated carbocycles. The molecule has 0 bridgehead atoms. The van der Waals surface area contributed by atoms with Crippen molar-refractivity contribution < 1.29 is 24.2 Å². The van der Waals surface area contributed by atoms with Crippen molar-refractivity contribution in [1.82, 2.24) is 5.32 Å². The van der Waals surface area contributed by atoms with Crippen molar-refractivity contribution in [3.63, 3.8) is 0 Å². The largest absolute Gasteiger partial charge is 0.494 e. The fraction of sp³-hybridized carbons (Fsp3) is 0.714. The van der Waals surface area contributed by atoms with Gasteiger partial charge in [0.05, 0.1) is 13.2 Å². The molecular weight excluding hydrogens is 444 g/mol. The van der Waals surface area contributed by atoms with E-state index >= 15 is 0 Å². The Balaban J connectivity index is 2.24. The molecule has 0 spiro atoms. The first-order chi connectivity index (χ1) is 16.7. The van der Waals surface area contributed by atoms with Crippen LogP contribution >= 0.6 is 0 Å². The average Bonchev–Trinajstić information content (AvgIpc) is 2.79. The van der Waals surface area contributed by atoms with Crippen molar-refractivity contribution >= 4 is 17.7 Å². The smallest absolute Gasteiger partial charge is 0.408 e. The number of aliphatic hydroxyl groups is 1. The molecule has 0 saturated heterocycles. The lowest BCUT2D eigenvalue weighted by molar-refractivity contribution is -0.119. The Morgan fingerprint density at radius 1 is 0.914 bits per heavy atom. The average molecular weight is 493 g/mol. The minimum Gasteiger partial charge on any atom is -0.494 e. The van der Waals surface area contributed by atoms with Crippen LogP contribution in [0.1, 0.15) is 105 Å². The molecule has 0 aliphatic rings. The predicted molar refractivity (Wildman–Crippen MR) is 142 cm³/mol. The van der Waals surface area contributed by atoms with Gasteiger partial charge in [0.2, 0.25) is 5.91 Å². The topological polar surface area (TPSA) is 96.9 Å². The second-order valence-corrected chi connectivity index (χ2v) is 10.1. The van der Waals surface area contributed by atoms with Crippen molar-refractivity contribution in [2.24, 2.45) is 0 Å². The van der Waals surface area contributed by atoms with Gasteiger partial charge in [0.25, 0.3) is 0 Å². The Morgan fingerprint density at radius 3 is 2.03 bits per heavy atom. The number of benzene rings is 1. The van der Waals surface area contributed by atoms with Gasteiger partial charge in [-0.1, -0.05) is 83.6 Å². The lowest BCUT2D eigenvalue weighted by Gasteiger charge is -2.22. The van der Waals surface area contributed by atoms with E-state index in [1.807, 2.05) is 6.07 Å². The van der Waals surface area contributed by atoms with Gasteiger partial charge in [-0.2, -0.15) is 0 Å². The van der Waals surface area contributed by atoms with Crippen molar-refractivity contribution in [1.29, 1.82) is 0 Å². The highest BCUT2D eigenvalue weighted by molar-refractivity contribution is 5.96. The Kier molecular flexibility index (Phi) is 15.9. The van der Waals surface area contributed by atoms with Crippen LogP contribution in [0.15, 0.2) is 24.3 Å². The zero-order chi connectivity index (χ0) is 25.9. The van der Waals surface area contributed by atoms with Crippen LogP contribution in [0.2, 0.25) is 0 Å².